The molecular formula is C19H27N5O3. The molecule has 27 heavy (non-hydrogen) atoms. The van der Waals surface area contributed by atoms with Gasteiger partial charge in [0.1, 0.15) is 5.75 Å². The molecule has 3 heterocycles. The zero-order valence-corrected chi connectivity index (χ0v) is 15.9. The van der Waals surface area contributed by atoms with Crippen molar-refractivity contribution in [3.8, 4) is 5.75 Å². The van der Waals surface area contributed by atoms with Crippen LogP contribution in [0.1, 0.15) is 37.1 Å². The second-order valence-electron chi connectivity index (χ2n) is 7.51. The Morgan fingerprint density at radius 1 is 1.19 bits per heavy atom. The summed E-state index contributed by atoms with van der Waals surface area (Å²) >= 11 is 0. The minimum absolute atomic E-state index is 0.311. The van der Waals surface area contributed by atoms with Gasteiger partial charge in [0.25, 0.3) is 0 Å². The van der Waals surface area contributed by atoms with Gasteiger partial charge in [-0.1, -0.05) is 18.2 Å². The van der Waals surface area contributed by atoms with Gasteiger partial charge in [-0.15, -0.1) is 5.10 Å². The Kier molecular flexibility index (Phi) is 5.12. The fourth-order valence-electron chi connectivity index (χ4n) is 4.67. The van der Waals surface area contributed by atoms with Crippen molar-refractivity contribution in [2.45, 2.75) is 56.5 Å². The maximum atomic E-state index is 11.5. The van der Waals surface area contributed by atoms with E-state index in [1.54, 1.807) is 14.2 Å². The minimum atomic E-state index is -0.850. The summed E-state index contributed by atoms with van der Waals surface area (Å²) in [5, 5.41) is 23.6. The fourth-order valence-corrected chi connectivity index (χ4v) is 4.67. The molecule has 0 spiro atoms. The monoisotopic (exact) mass is 373 g/mol. The minimum Gasteiger partial charge on any atom is -0.496 e. The van der Waals surface area contributed by atoms with E-state index < -0.39 is 5.60 Å². The van der Waals surface area contributed by atoms with Crippen LogP contribution in [0.15, 0.2) is 24.3 Å². The van der Waals surface area contributed by atoms with Gasteiger partial charge in [-0.3, -0.25) is 4.90 Å². The average Bonchev–Trinajstić information content (AvgIpc) is 3.22. The average molecular weight is 373 g/mol. The first-order valence-electron chi connectivity index (χ1n) is 9.50. The molecule has 2 saturated heterocycles. The molecule has 146 valence electrons. The number of para-hydroxylation sites is 1. The number of hydrogen-bond acceptors (Lipinski definition) is 7. The second-order valence-corrected chi connectivity index (χ2v) is 7.51. The third-order valence-electron chi connectivity index (χ3n) is 5.96. The first-order chi connectivity index (χ1) is 13.1. The van der Waals surface area contributed by atoms with Gasteiger partial charge in [0, 0.05) is 24.8 Å². The van der Waals surface area contributed by atoms with Crippen molar-refractivity contribution >= 4 is 0 Å². The lowest BCUT2D eigenvalue weighted by Crippen LogP contribution is -2.49. The summed E-state index contributed by atoms with van der Waals surface area (Å²) in [5.41, 5.74) is 0.0469. The molecule has 1 aromatic carbocycles. The molecule has 0 radical (unpaired) electrons. The van der Waals surface area contributed by atoms with Gasteiger partial charge >= 0.3 is 0 Å². The Labute approximate surface area is 159 Å². The third kappa shape index (κ3) is 3.44. The zero-order valence-electron chi connectivity index (χ0n) is 15.9. The quantitative estimate of drug-likeness (QED) is 0.784. The molecule has 2 atom stereocenters. The molecule has 2 fully saturated rings. The normalized spacial score (nSPS) is 27.8. The molecule has 2 aliphatic rings. The van der Waals surface area contributed by atoms with E-state index in [1.165, 1.54) is 0 Å². The first kappa shape index (κ1) is 18.3. The molecule has 2 aromatic rings. The van der Waals surface area contributed by atoms with Gasteiger partial charge in [0.2, 0.25) is 0 Å². The van der Waals surface area contributed by atoms with E-state index in [9.17, 15) is 5.11 Å². The summed E-state index contributed by atoms with van der Waals surface area (Å²) in [5.74, 6) is 1.61. The number of fused-ring (bicyclic) bond motifs is 2. The SMILES string of the molecule is COCCn1nnnc1CN1C2CCC1CC(O)(c1ccccc1OC)C2. The van der Waals surface area contributed by atoms with Gasteiger partial charge in [0.05, 0.1) is 32.4 Å². The van der Waals surface area contributed by atoms with Crippen molar-refractivity contribution < 1.29 is 14.6 Å². The second kappa shape index (κ2) is 7.53. The molecule has 0 aliphatic carbocycles. The summed E-state index contributed by atoms with van der Waals surface area (Å²) in [4.78, 5) is 2.46. The summed E-state index contributed by atoms with van der Waals surface area (Å²) in [6, 6.07) is 8.44. The number of ether oxygens (including phenoxy) is 2. The zero-order chi connectivity index (χ0) is 18.9. The third-order valence-corrected chi connectivity index (χ3v) is 5.96. The molecule has 0 saturated carbocycles. The van der Waals surface area contributed by atoms with Crippen LogP contribution in [-0.2, 0) is 23.4 Å². The number of tetrazole rings is 1. The van der Waals surface area contributed by atoms with Crippen LogP contribution in [0.25, 0.3) is 0 Å². The topological polar surface area (TPSA) is 85.5 Å². The molecule has 1 N–H and O–H groups in total. The van der Waals surface area contributed by atoms with Gasteiger partial charge in [-0.05, 0) is 42.2 Å². The van der Waals surface area contributed by atoms with Gasteiger partial charge in [-0.2, -0.15) is 0 Å². The highest BCUT2D eigenvalue weighted by molar-refractivity contribution is 5.39. The first-order valence-corrected chi connectivity index (χ1v) is 9.50. The largest absolute Gasteiger partial charge is 0.496 e. The van der Waals surface area contributed by atoms with Gasteiger partial charge in [-0.25, -0.2) is 4.68 Å². The lowest BCUT2D eigenvalue weighted by molar-refractivity contribution is -0.0616. The van der Waals surface area contributed by atoms with Crippen molar-refractivity contribution in [2.75, 3.05) is 20.8 Å². The predicted octanol–water partition coefficient (Wildman–Crippen LogP) is 1.34. The number of rotatable bonds is 7. The lowest BCUT2D eigenvalue weighted by atomic mass is 9.80. The highest BCUT2D eigenvalue weighted by Gasteiger charge is 2.49. The van der Waals surface area contributed by atoms with E-state index in [2.05, 4.69) is 20.4 Å². The van der Waals surface area contributed by atoms with Crippen LogP contribution < -0.4 is 4.74 Å². The van der Waals surface area contributed by atoms with E-state index in [0.717, 1.165) is 30.0 Å². The lowest BCUT2D eigenvalue weighted by Gasteiger charge is -2.44. The summed E-state index contributed by atoms with van der Waals surface area (Å²) in [7, 11) is 3.33. The molecule has 1 aromatic heterocycles. The summed E-state index contributed by atoms with van der Waals surface area (Å²) in [6.07, 6.45) is 3.57. The molecule has 4 rings (SSSR count). The fraction of sp³-hybridized carbons (Fsp3) is 0.632. The predicted molar refractivity (Wildman–Crippen MR) is 98.2 cm³/mol. The van der Waals surface area contributed by atoms with Crippen molar-refractivity contribution in [1.29, 1.82) is 0 Å². The molecule has 8 nitrogen and oxygen atoms in total. The van der Waals surface area contributed by atoms with Crippen LogP contribution in [0.3, 0.4) is 0 Å². The van der Waals surface area contributed by atoms with E-state index in [4.69, 9.17) is 9.47 Å². The number of hydrogen-bond donors (Lipinski definition) is 1. The van der Waals surface area contributed by atoms with E-state index in [-0.39, 0.29) is 0 Å². The van der Waals surface area contributed by atoms with E-state index in [1.807, 2.05) is 28.9 Å². The van der Waals surface area contributed by atoms with Crippen LogP contribution in [0.4, 0.5) is 0 Å². The number of benzene rings is 1. The van der Waals surface area contributed by atoms with Crippen LogP contribution in [0.5, 0.6) is 5.75 Å². The Balaban J connectivity index is 1.52. The van der Waals surface area contributed by atoms with Crippen molar-refractivity contribution in [3.05, 3.63) is 35.7 Å². The number of aliphatic hydroxyl groups is 1. The van der Waals surface area contributed by atoms with Crippen molar-refractivity contribution in [1.82, 2.24) is 25.1 Å². The molecule has 8 heteroatoms. The van der Waals surface area contributed by atoms with Crippen molar-refractivity contribution in [3.63, 3.8) is 0 Å². The molecule has 0 amide bonds. The van der Waals surface area contributed by atoms with Crippen LogP contribution >= 0.6 is 0 Å². The van der Waals surface area contributed by atoms with E-state index in [0.29, 0.717) is 44.6 Å². The molecular weight excluding hydrogens is 346 g/mol. The highest BCUT2D eigenvalue weighted by Crippen LogP contribution is 2.48. The van der Waals surface area contributed by atoms with Crippen LogP contribution in [0.2, 0.25) is 0 Å². The molecule has 2 unspecified atom stereocenters. The Morgan fingerprint density at radius 3 is 2.63 bits per heavy atom. The Morgan fingerprint density at radius 2 is 1.93 bits per heavy atom. The highest BCUT2D eigenvalue weighted by atomic mass is 16.5. The Bertz CT molecular complexity index is 766. The Hall–Kier alpha value is -2.03. The number of piperidine rings is 1. The summed E-state index contributed by atoms with van der Waals surface area (Å²) < 4.78 is 12.5. The number of methoxy groups -OCH3 is 2. The number of aromatic nitrogens is 4. The summed E-state index contributed by atoms with van der Waals surface area (Å²) in [6.45, 7) is 1.93. The maximum absolute atomic E-state index is 11.5. The maximum Gasteiger partial charge on any atom is 0.165 e. The number of nitrogens with zero attached hydrogens (tertiary/aromatic N) is 5. The molecule has 2 aliphatic heterocycles. The standard InChI is InChI=1S/C19H27N5O3/c1-26-10-9-24-18(20-21-22-24)13-23-14-7-8-15(23)12-19(25,11-14)16-5-3-4-6-17(16)27-2/h3-6,14-15,25H,7-13H2,1-2H3. The smallest absolute Gasteiger partial charge is 0.165 e. The molecule has 2 bridgehead atoms. The van der Waals surface area contributed by atoms with Crippen molar-refractivity contribution in [2.24, 2.45) is 0 Å². The van der Waals surface area contributed by atoms with E-state index >= 15 is 0 Å². The van der Waals surface area contributed by atoms with Gasteiger partial charge in [0.15, 0.2) is 5.82 Å². The van der Waals surface area contributed by atoms with Gasteiger partial charge < -0.3 is 14.6 Å². The van der Waals surface area contributed by atoms with Crippen LogP contribution in [-0.4, -0.2) is 63.1 Å². The van der Waals surface area contributed by atoms with Crippen LogP contribution in [0, 0.1) is 0 Å².